The van der Waals surface area contributed by atoms with E-state index in [9.17, 15) is 9.59 Å². The second-order valence-corrected chi connectivity index (χ2v) is 5.29. The number of anilines is 1. The van der Waals surface area contributed by atoms with Crippen LogP contribution in [0.5, 0.6) is 0 Å². The van der Waals surface area contributed by atoms with Crippen molar-refractivity contribution in [2.75, 3.05) is 18.4 Å². The van der Waals surface area contributed by atoms with E-state index >= 15 is 0 Å². The smallest absolute Gasteiger partial charge is 0.408 e. The predicted octanol–water partition coefficient (Wildman–Crippen LogP) is 2.32. The summed E-state index contributed by atoms with van der Waals surface area (Å²) >= 11 is 0. The van der Waals surface area contributed by atoms with Crippen molar-refractivity contribution in [3.8, 4) is 0 Å². The number of carbonyl (C=O) groups excluding carboxylic acids is 1. The average Bonchev–Trinajstić information content (AvgIpc) is 2.75. The Morgan fingerprint density at radius 1 is 1.38 bits per heavy atom. The SMILES string of the molecule is CC1=CCN(C(=O)Nc2ccc3oc(=O)n(C)c3c2)CC1. The van der Waals surface area contributed by atoms with E-state index in [1.165, 1.54) is 10.1 Å². The van der Waals surface area contributed by atoms with E-state index in [1.807, 2.05) is 0 Å². The molecular formula is C15H17N3O3. The molecule has 2 aromatic rings. The lowest BCUT2D eigenvalue weighted by Gasteiger charge is -2.25. The summed E-state index contributed by atoms with van der Waals surface area (Å²) in [6.45, 7) is 3.42. The van der Waals surface area contributed by atoms with Crippen LogP contribution in [-0.4, -0.2) is 28.6 Å². The Labute approximate surface area is 121 Å². The van der Waals surface area contributed by atoms with Crippen molar-refractivity contribution >= 4 is 22.8 Å². The van der Waals surface area contributed by atoms with Gasteiger partial charge in [-0.3, -0.25) is 4.57 Å². The minimum Gasteiger partial charge on any atom is -0.408 e. The number of aryl methyl sites for hydroxylation is 1. The standard InChI is InChI=1S/C15H17N3O3/c1-10-5-7-18(8-6-10)14(19)16-11-3-4-13-12(9-11)17(2)15(20)21-13/h3-5,9H,6-8H2,1-2H3,(H,16,19). The molecule has 2 heterocycles. The van der Waals surface area contributed by atoms with Gasteiger partial charge < -0.3 is 14.6 Å². The van der Waals surface area contributed by atoms with Gasteiger partial charge in [0.2, 0.25) is 0 Å². The first-order chi connectivity index (χ1) is 10.0. The zero-order valence-corrected chi connectivity index (χ0v) is 12.0. The monoisotopic (exact) mass is 287 g/mol. The molecule has 0 unspecified atom stereocenters. The van der Waals surface area contributed by atoms with E-state index in [4.69, 9.17) is 4.42 Å². The number of aromatic nitrogens is 1. The summed E-state index contributed by atoms with van der Waals surface area (Å²) in [7, 11) is 1.64. The summed E-state index contributed by atoms with van der Waals surface area (Å²) in [6, 6.07) is 5.02. The fourth-order valence-corrected chi connectivity index (χ4v) is 2.36. The molecule has 1 N–H and O–H groups in total. The Morgan fingerprint density at radius 2 is 2.19 bits per heavy atom. The van der Waals surface area contributed by atoms with Crippen LogP contribution in [0.1, 0.15) is 13.3 Å². The van der Waals surface area contributed by atoms with Gasteiger partial charge >= 0.3 is 11.8 Å². The summed E-state index contributed by atoms with van der Waals surface area (Å²) < 4.78 is 6.48. The van der Waals surface area contributed by atoms with E-state index in [2.05, 4.69) is 18.3 Å². The molecule has 0 atom stereocenters. The summed E-state index contributed by atoms with van der Waals surface area (Å²) in [5.74, 6) is -0.412. The molecule has 0 fully saturated rings. The van der Waals surface area contributed by atoms with Crippen LogP contribution in [0.3, 0.4) is 0 Å². The summed E-state index contributed by atoms with van der Waals surface area (Å²) in [5, 5.41) is 2.86. The van der Waals surface area contributed by atoms with Gasteiger partial charge in [0.1, 0.15) is 0 Å². The second-order valence-electron chi connectivity index (χ2n) is 5.29. The van der Waals surface area contributed by atoms with Crippen molar-refractivity contribution < 1.29 is 9.21 Å². The highest BCUT2D eigenvalue weighted by molar-refractivity contribution is 5.91. The van der Waals surface area contributed by atoms with Gasteiger partial charge in [-0.25, -0.2) is 9.59 Å². The van der Waals surface area contributed by atoms with E-state index in [-0.39, 0.29) is 6.03 Å². The van der Waals surface area contributed by atoms with Gasteiger partial charge in [-0.15, -0.1) is 0 Å². The quantitative estimate of drug-likeness (QED) is 0.818. The fraction of sp³-hybridized carbons (Fsp3) is 0.333. The van der Waals surface area contributed by atoms with Gasteiger partial charge in [0.15, 0.2) is 5.58 Å². The van der Waals surface area contributed by atoms with Crippen molar-refractivity contribution in [3.05, 3.63) is 40.4 Å². The zero-order chi connectivity index (χ0) is 15.0. The first kappa shape index (κ1) is 13.5. The average molecular weight is 287 g/mol. The third kappa shape index (κ3) is 2.56. The molecule has 1 aliphatic heterocycles. The van der Waals surface area contributed by atoms with Crippen LogP contribution in [0, 0.1) is 0 Å². The topological polar surface area (TPSA) is 67.5 Å². The van der Waals surface area contributed by atoms with E-state index in [0.29, 0.717) is 23.3 Å². The number of hydrogen-bond acceptors (Lipinski definition) is 3. The van der Waals surface area contributed by atoms with Crippen molar-refractivity contribution in [1.29, 1.82) is 0 Å². The van der Waals surface area contributed by atoms with Crippen LogP contribution < -0.4 is 11.1 Å². The molecule has 2 amide bonds. The lowest BCUT2D eigenvalue weighted by atomic mass is 10.1. The first-order valence-corrected chi connectivity index (χ1v) is 6.86. The van der Waals surface area contributed by atoms with Crippen LogP contribution in [0.25, 0.3) is 11.1 Å². The number of carbonyl (C=O) groups is 1. The zero-order valence-electron chi connectivity index (χ0n) is 12.0. The van der Waals surface area contributed by atoms with Gasteiger partial charge in [-0.2, -0.15) is 0 Å². The Bertz CT molecular complexity index is 785. The van der Waals surface area contributed by atoms with Gasteiger partial charge in [-0.1, -0.05) is 11.6 Å². The lowest BCUT2D eigenvalue weighted by Crippen LogP contribution is -2.37. The molecule has 3 rings (SSSR count). The molecule has 0 aliphatic carbocycles. The molecule has 0 bridgehead atoms. The Balaban J connectivity index is 1.80. The summed E-state index contributed by atoms with van der Waals surface area (Å²) in [4.78, 5) is 25.4. The number of oxazole rings is 1. The number of urea groups is 1. The van der Waals surface area contributed by atoms with Crippen molar-refractivity contribution in [1.82, 2.24) is 9.47 Å². The van der Waals surface area contributed by atoms with Crippen LogP contribution in [0.2, 0.25) is 0 Å². The van der Waals surface area contributed by atoms with E-state index < -0.39 is 5.76 Å². The lowest BCUT2D eigenvalue weighted by molar-refractivity contribution is 0.215. The molecule has 0 saturated carbocycles. The molecule has 1 aromatic heterocycles. The van der Waals surface area contributed by atoms with Crippen LogP contribution in [0.15, 0.2) is 39.1 Å². The molecule has 6 heteroatoms. The highest BCUT2D eigenvalue weighted by Gasteiger charge is 2.16. The third-order valence-corrected chi connectivity index (χ3v) is 3.77. The number of nitrogens with zero attached hydrogens (tertiary/aromatic N) is 2. The van der Waals surface area contributed by atoms with Gasteiger partial charge in [0.05, 0.1) is 5.52 Å². The largest absolute Gasteiger partial charge is 0.419 e. The number of rotatable bonds is 1. The summed E-state index contributed by atoms with van der Waals surface area (Å²) in [6.07, 6.45) is 2.97. The summed E-state index contributed by atoms with van der Waals surface area (Å²) in [5.41, 5.74) is 3.13. The fourth-order valence-electron chi connectivity index (χ4n) is 2.36. The van der Waals surface area contributed by atoms with E-state index in [0.717, 1.165) is 13.0 Å². The van der Waals surface area contributed by atoms with E-state index in [1.54, 1.807) is 30.1 Å². The normalized spacial score (nSPS) is 15.1. The Kier molecular flexibility index (Phi) is 3.29. The van der Waals surface area contributed by atoms with Gasteiger partial charge in [-0.05, 0) is 31.5 Å². The molecule has 0 saturated heterocycles. The van der Waals surface area contributed by atoms with Crippen molar-refractivity contribution in [2.45, 2.75) is 13.3 Å². The van der Waals surface area contributed by atoms with Gasteiger partial charge in [0, 0.05) is 25.8 Å². The Morgan fingerprint density at radius 3 is 2.90 bits per heavy atom. The molecule has 21 heavy (non-hydrogen) atoms. The minimum absolute atomic E-state index is 0.133. The molecule has 110 valence electrons. The molecule has 1 aliphatic rings. The number of hydrogen-bond donors (Lipinski definition) is 1. The number of fused-ring (bicyclic) bond motifs is 1. The molecule has 6 nitrogen and oxygen atoms in total. The number of benzene rings is 1. The van der Waals surface area contributed by atoms with Gasteiger partial charge in [0.25, 0.3) is 0 Å². The number of amides is 2. The molecule has 0 spiro atoms. The van der Waals surface area contributed by atoms with Crippen molar-refractivity contribution in [2.24, 2.45) is 7.05 Å². The van der Waals surface area contributed by atoms with Crippen LogP contribution in [-0.2, 0) is 7.05 Å². The van der Waals surface area contributed by atoms with Crippen molar-refractivity contribution in [3.63, 3.8) is 0 Å². The predicted molar refractivity (Wildman–Crippen MR) is 80.4 cm³/mol. The van der Waals surface area contributed by atoms with Crippen LogP contribution >= 0.6 is 0 Å². The second kappa shape index (κ2) is 5.12. The highest BCUT2D eigenvalue weighted by atomic mass is 16.4. The minimum atomic E-state index is -0.412. The Hall–Kier alpha value is -2.50. The first-order valence-electron chi connectivity index (χ1n) is 6.86. The maximum atomic E-state index is 12.2. The maximum absolute atomic E-state index is 12.2. The number of nitrogens with one attached hydrogen (secondary N) is 1. The molecular weight excluding hydrogens is 270 g/mol. The highest BCUT2D eigenvalue weighted by Crippen LogP contribution is 2.19. The maximum Gasteiger partial charge on any atom is 0.419 e. The molecule has 0 radical (unpaired) electrons. The third-order valence-electron chi connectivity index (χ3n) is 3.77. The van der Waals surface area contributed by atoms with Crippen LogP contribution in [0.4, 0.5) is 10.5 Å². The molecule has 1 aromatic carbocycles.